The molecule has 0 spiro atoms. The molecule has 0 radical (unpaired) electrons. The van der Waals surface area contributed by atoms with Crippen molar-refractivity contribution in [3.8, 4) is 5.69 Å². The van der Waals surface area contributed by atoms with Crippen LogP contribution >= 0.6 is 27.8 Å². The van der Waals surface area contributed by atoms with Crippen LogP contribution in [0.15, 0.2) is 102 Å². The van der Waals surface area contributed by atoms with Crippen LogP contribution in [0.5, 0.6) is 0 Å². The quantitative estimate of drug-likeness (QED) is 0.258. The standard InChI is InChI=1S/C21H18N3O2PS2/c25-27(20-12-6-2-7-13-20,29-28-21-14-8-3-9-15-21)26-17-18-16-24(23-22-18)19-10-4-1-5-11-19/h1-16H,17H2. The van der Waals surface area contributed by atoms with Crippen LogP contribution in [0.4, 0.5) is 0 Å². The lowest BCUT2D eigenvalue weighted by molar-refractivity contribution is 0.316. The molecule has 1 heterocycles. The number of hydrogen-bond acceptors (Lipinski definition) is 6. The second-order valence-electron chi connectivity index (χ2n) is 6.07. The summed E-state index contributed by atoms with van der Waals surface area (Å²) in [5.74, 6) is 0. The summed E-state index contributed by atoms with van der Waals surface area (Å²) in [6, 6.07) is 28.9. The Hall–Kier alpha value is -2.31. The third-order valence-electron chi connectivity index (χ3n) is 3.99. The first-order valence-corrected chi connectivity index (χ1v) is 13.3. The SMILES string of the molecule is O=P(OCc1cn(-c2ccccc2)nn1)(SSc1ccccc1)c1ccccc1. The van der Waals surface area contributed by atoms with Crippen molar-refractivity contribution in [2.24, 2.45) is 0 Å². The normalized spacial score (nSPS) is 13.1. The molecule has 0 bridgehead atoms. The van der Waals surface area contributed by atoms with Crippen LogP contribution in [-0.2, 0) is 15.7 Å². The fourth-order valence-electron chi connectivity index (χ4n) is 2.54. The van der Waals surface area contributed by atoms with Gasteiger partial charge < -0.3 is 4.52 Å². The van der Waals surface area contributed by atoms with Gasteiger partial charge >= 0.3 is 0 Å². The number of nitrogens with zero attached hydrogens (tertiary/aromatic N) is 3. The van der Waals surface area contributed by atoms with E-state index in [1.807, 2.05) is 91.0 Å². The van der Waals surface area contributed by atoms with Gasteiger partial charge in [0.25, 0.3) is 6.57 Å². The van der Waals surface area contributed by atoms with Crippen LogP contribution in [0.3, 0.4) is 0 Å². The first-order chi connectivity index (χ1) is 14.2. The van der Waals surface area contributed by atoms with Crippen molar-refractivity contribution in [1.82, 2.24) is 15.0 Å². The summed E-state index contributed by atoms with van der Waals surface area (Å²) < 4.78 is 21.3. The highest BCUT2D eigenvalue weighted by Gasteiger charge is 2.28. The Labute approximate surface area is 177 Å². The molecule has 4 rings (SSSR count). The molecular weight excluding hydrogens is 421 g/mol. The average Bonchev–Trinajstić information content (AvgIpc) is 3.28. The van der Waals surface area contributed by atoms with E-state index in [1.54, 1.807) is 10.9 Å². The van der Waals surface area contributed by atoms with Crippen molar-refractivity contribution in [3.05, 3.63) is 103 Å². The lowest BCUT2D eigenvalue weighted by atomic mass is 10.3. The molecule has 5 nitrogen and oxygen atoms in total. The lowest BCUT2D eigenvalue weighted by Gasteiger charge is -2.17. The van der Waals surface area contributed by atoms with Gasteiger partial charge in [-0.2, -0.15) is 0 Å². The second-order valence-corrected chi connectivity index (χ2v) is 12.4. The van der Waals surface area contributed by atoms with Crippen molar-refractivity contribution in [1.29, 1.82) is 0 Å². The first-order valence-electron chi connectivity index (χ1n) is 8.91. The van der Waals surface area contributed by atoms with Crippen LogP contribution in [0, 0.1) is 0 Å². The van der Waals surface area contributed by atoms with Gasteiger partial charge in [-0.1, -0.05) is 59.8 Å². The maximum Gasteiger partial charge on any atom is 0.298 e. The Kier molecular flexibility index (Phi) is 6.52. The van der Waals surface area contributed by atoms with Gasteiger partial charge in [-0.25, -0.2) is 4.68 Å². The van der Waals surface area contributed by atoms with Gasteiger partial charge in [-0.05, 0) is 47.2 Å². The molecule has 1 atom stereocenters. The molecule has 8 heteroatoms. The minimum Gasteiger partial charge on any atom is -0.311 e. The zero-order chi connectivity index (χ0) is 19.9. The highest BCUT2D eigenvalue weighted by Crippen LogP contribution is 2.65. The van der Waals surface area contributed by atoms with E-state index in [2.05, 4.69) is 10.3 Å². The summed E-state index contributed by atoms with van der Waals surface area (Å²) in [7, 11) is 2.69. The molecule has 1 unspecified atom stereocenters. The number of aromatic nitrogens is 3. The number of rotatable bonds is 8. The van der Waals surface area contributed by atoms with Gasteiger partial charge in [0.1, 0.15) is 12.3 Å². The van der Waals surface area contributed by atoms with Gasteiger partial charge in [0.15, 0.2) is 0 Å². The molecule has 3 aromatic carbocycles. The van der Waals surface area contributed by atoms with E-state index < -0.39 is 6.57 Å². The zero-order valence-corrected chi connectivity index (χ0v) is 17.9. The molecule has 0 saturated carbocycles. The maximum atomic E-state index is 13.7. The number of hydrogen-bond donors (Lipinski definition) is 0. The summed E-state index contributed by atoms with van der Waals surface area (Å²) in [6.07, 6.45) is 1.79. The van der Waals surface area contributed by atoms with Crippen LogP contribution < -0.4 is 5.30 Å². The highest BCUT2D eigenvalue weighted by atomic mass is 33.3. The first kappa shape index (κ1) is 20.0. The summed E-state index contributed by atoms with van der Waals surface area (Å²) in [6.45, 7) is -3.05. The molecule has 0 N–H and O–H groups in total. The largest absolute Gasteiger partial charge is 0.311 e. The van der Waals surface area contributed by atoms with Crippen molar-refractivity contribution in [2.45, 2.75) is 11.5 Å². The fourth-order valence-corrected chi connectivity index (χ4v) is 8.73. The molecule has 29 heavy (non-hydrogen) atoms. The summed E-state index contributed by atoms with van der Waals surface area (Å²) >= 11 is 0. The molecule has 0 fully saturated rings. The minimum atomic E-state index is -3.16. The van der Waals surface area contributed by atoms with Crippen LogP contribution in [-0.4, -0.2) is 15.0 Å². The second kappa shape index (κ2) is 9.46. The average molecular weight is 440 g/mol. The minimum absolute atomic E-state index is 0.112. The Balaban J connectivity index is 1.50. The Morgan fingerprint density at radius 1 is 0.862 bits per heavy atom. The Bertz CT molecular complexity index is 1090. The molecule has 0 saturated heterocycles. The van der Waals surface area contributed by atoms with Gasteiger partial charge in [-0.15, -0.1) is 5.10 Å². The van der Waals surface area contributed by atoms with E-state index >= 15 is 0 Å². The Morgan fingerprint density at radius 3 is 2.17 bits per heavy atom. The summed E-state index contributed by atoms with van der Waals surface area (Å²) in [5, 5.41) is 8.97. The van der Waals surface area contributed by atoms with Crippen LogP contribution in [0.25, 0.3) is 5.69 Å². The van der Waals surface area contributed by atoms with E-state index in [0.29, 0.717) is 11.0 Å². The molecule has 0 aliphatic carbocycles. The fraction of sp³-hybridized carbons (Fsp3) is 0.0476. The van der Waals surface area contributed by atoms with Crippen LogP contribution in [0.1, 0.15) is 5.69 Å². The maximum absolute atomic E-state index is 13.7. The smallest absolute Gasteiger partial charge is 0.298 e. The topological polar surface area (TPSA) is 57.0 Å². The van der Waals surface area contributed by atoms with Crippen molar-refractivity contribution in [2.75, 3.05) is 0 Å². The Morgan fingerprint density at radius 2 is 1.48 bits per heavy atom. The molecule has 0 aliphatic rings. The van der Waals surface area contributed by atoms with Gasteiger partial charge in [0.05, 0.1) is 11.9 Å². The van der Waals surface area contributed by atoms with Gasteiger partial charge in [0, 0.05) is 20.6 Å². The molecule has 0 amide bonds. The molecule has 146 valence electrons. The molecule has 1 aromatic heterocycles. The molecule has 4 aromatic rings. The monoisotopic (exact) mass is 439 g/mol. The lowest BCUT2D eigenvalue weighted by Crippen LogP contribution is -2.04. The van der Waals surface area contributed by atoms with E-state index in [1.165, 1.54) is 21.2 Å². The number of benzene rings is 3. The van der Waals surface area contributed by atoms with E-state index in [0.717, 1.165) is 10.6 Å². The van der Waals surface area contributed by atoms with Gasteiger partial charge in [-0.3, -0.25) is 4.57 Å². The van der Waals surface area contributed by atoms with E-state index in [-0.39, 0.29) is 6.61 Å². The molecular formula is C21H18N3O2PS2. The van der Waals surface area contributed by atoms with Gasteiger partial charge in [0.2, 0.25) is 0 Å². The highest BCUT2D eigenvalue weighted by molar-refractivity contribution is 9.00. The van der Waals surface area contributed by atoms with Crippen LogP contribution in [0.2, 0.25) is 0 Å². The zero-order valence-electron chi connectivity index (χ0n) is 15.4. The van der Waals surface area contributed by atoms with E-state index in [4.69, 9.17) is 4.52 Å². The molecule has 0 aliphatic heterocycles. The predicted octanol–water partition coefficient (Wildman–Crippen LogP) is 5.74. The van der Waals surface area contributed by atoms with Crippen molar-refractivity contribution < 1.29 is 9.09 Å². The third-order valence-corrected chi connectivity index (χ3v) is 10.9. The van der Waals surface area contributed by atoms with Crippen molar-refractivity contribution >= 4 is 33.1 Å². The van der Waals surface area contributed by atoms with Crippen molar-refractivity contribution in [3.63, 3.8) is 0 Å². The van der Waals surface area contributed by atoms with E-state index in [9.17, 15) is 4.57 Å². The number of para-hydroxylation sites is 1. The summed E-state index contributed by atoms with van der Waals surface area (Å²) in [4.78, 5) is 1.02. The predicted molar refractivity (Wildman–Crippen MR) is 120 cm³/mol. The third kappa shape index (κ3) is 5.19. The summed E-state index contributed by atoms with van der Waals surface area (Å²) in [5.41, 5.74) is 1.53.